The Kier molecular flexibility index (Phi) is 3.47. The summed E-state index contributed by atoms with van der Waals surface area (Å²) >= 11 is 11.5. The van der Waals surface area contributed by atoms with Crippen molar-refractivity contribution in [3.8, 4) is 11.5 Å². The first-order valence-corrected chi connectivity index (χ1v) is 6.72. The van der Waals surface area contributed by atoms with Crippen molar-refractivity contribution in [2.75, 3.05) is 0 Å². The van der Waals surface area contributed by atoms with Crippen LogP contribution in [0.5, 0.6) is 0 Å². The molecule has 5 heteroatoms. The standard InChI is InChI=1S/C15H9Cl2NO2/c16-11-7-10(6-5-9(11)8-14(17)19)15-18-12-3-1-2-4-13(12)20-15/h1-7H,8H2. The monoisotopic (exact) mass is 305 g/mol. The number of carbonyl (C=O) groups is 1. The van der Waals surface area contributed by atoms with Gasteiger partial charge in [0.1, 0.15) is 5.52 Å². The lowest BCUT2D eigenvalue weighted by Crippen LogP contribution is -1.94. The maximum Gasteiger partial charge on any atom is 0.227 e. The van der Waals surface area contributed by atoms with Crippen molar-refractivity contribution in [3.63, 3.8) is 0 Å². The highest BCUT2D eigenvalue weighted by molar-refractivity contribution is 6.63. The fourth-order valence-corrected chi connectivity index (χ4v) is 2.36. The SMILES string of the molecule is O=C(Cl)Cc1ccc(-c2nc3ccccc3o2)cc1Cl. The number of halogens is 2. The predicted octanol–water partition coefficient (Wildman–Crippen LogP) is 4.46. The molecular weight excluding hydrogens is 297 g/mol. The Morgan fingerprint density at radius 1 is 1.20 bits per heavy atom. The molecule has 0 spiro atoms. The molecule has 0 fully saturated rings. The highest BCUT2D eigenvalue weighted by Gasteiger charge is 2.11. The average molecular weight is 306 g/mol. The van der Waals surface area contributed by atoms with Crippen molar-refractivity contribution in [1.82, 2.24) is 4.98 Å². The molecule has 0 aliphatic rings. The maximum atomic E-state index is 10.9. The number of para-hydroxylation sites is 2. The number of rotatable bonds is 3. The molecule has 1 aromatic heterocycles. The summed E-state index contributed by atoms with van der Waals surface area (Å²) in [6.45, 7) is 0. The molecule has 0 bridgehead atoms. The van der Waals surface area contributed by atoms with E-state index >= 15 is 0 Å². The number of aromatic nitrogens is 1. The van der Waals surface area contributed by atoms with Crippen LogP contribution in [0.4, 0.5) is 0 Å². The molecule has 3 aromatic rings. The van der Waals surface area contributed by atoms with Gasteiger partial charge >= 0.3 is 0 Å². The first kappa shape index (κ1) is 13.2. The molecule has 0 saturated carbocycles. The molecule has 0 aliphatic heterocycles. The fraction of sp³-hybridized carbons (Fsp3) is 0.0667. The smallest absolute Gasteiger partial charge is 0.227 e. The van der Waals surface area contributed by atoms with Gasteiger partial charge in [-0.1, -0.05) is 29.8 Å². The van der Waals surface area contributed by atoms with Crippen molar-refractivity contribution < 1.29 is 9.21 Å². The van der Waals surface area contributed by atoms with Crippen LogP contribution in [0.1, 0.15) is 5.56 Å². The van der Waals surface area contributed by atoms with Gasteiger partial charge in [-0.25, -0.2) is 4.98 Å². The van der Waals surface area contributed by atoms with Gasteiger partial charge < -0.3 is 4.42 Å². The Morgan fingerprint density at radius 2 is 2.00 bits per heavy atom. The number of benzene rings is 2. The van der Waals surface area contributed by atoms with Crippen LogP contribution in [0.15, 0.2) is 46.9 Å². The molecular formula is C15H9Cl2NO2. The molecule has 0 unspecified atom stereocenters. The Bertz CT molecular complexity index is 762. The van der Waals surface area contributed by atoms with Crippen LogP contribution in [-0.4, -0.2) is 10.2 Å². The minimum Gasteiger partial charge on any atom is -0.436 e. The lowest BCUT2D eigenvalue weighted by Gasteiger charge is -2.02. The van der Waals surface area contributed by atoms with E-state index in [2.05, 4.69) is 4.98 Å². The van der Waals surface area contributed by atoms with Crippen LogP contribution in [0, 0.1) is 0 Å². The molecule has 0 saturated heterocycles. The van der Waals surface area contributed by atoms with E-state index in [1.165, 1.54) is 0 Å². The van der Waals surface area contributed by atoms with Crippen molar-refractivity contribution in [2.45, 2.75) is 6.42 Å². The van der Waals surface area contributed by atoms with Gasteiger partial charge in [0.2, 0.25) is 11.1 Å². The largest absolute Gasteiger partial charge is 0.436 e. The van der Waals surface area contributed by atoms with Gasteiger partial charge in [0.05, 0.1) is 0 Å². The van der Waals surface area contributed by atoms with Gasteiger partial charge in [0, 0.05) is 17.0 Å². The summed E-state index contributed by atoms with van der Waals surface area (Å²) in [5, 5.41) is 0.0280. The van der Waals surface area contributed by atoms with Gasteiger partial charge in [0.15, 0.2) is 5.58 Å². The first-order chi connectivity index (χ1) is 9.63. The zero-order chi connectivity index (χ0) is 14.1. The summed E-state index contributed by atoms with van der Waals surface area (Å²) in [5.41, 5.74) is 2.96. The van der Waals surface area contributed by atoms with Gasteiger partial charge in [0.25, 0.3) is 0 Å². The minimum absolute atomic E-state index is 0.105. The van der Waals surface area contributed by atoms with Crippen molar-refractivity contribution in [1.29, 1.82) is 0 Å². The van der Waals surface area contributed by atoms with E-state index in [1.807, 2.05) is 30.3 Å². The molecule has 20 heavy (non-hydrogen) atoms. The lowest BCUT2D eigenvalue weighted by atomic mass is 10.1. The summed E-state index contributed by atoms with van der Waals surface area (Å²) in [4.78, 5) is 15.3. The quantitative estimate of drug-likeness (QED) is 0.671. The van der Waals surface area contributed by atoms with Crippen molar-refractivity contribution >= 4 is 39.5 Å². The second-order valence-corrected chi connectivity index (χ2v) is 5.15. The zero-order valence-electron chi connectivity index (χ0n) is 10.3. The van der Waals surface area contributed by atoms with Crippen LogP contribution < -0.4 is 0 Å². The lowest BCUT2D eigenvalue weighted by molar-refractivity contribution is -0.111. The summed E-state index contributed by atoms with van der Waals surface area (Å²) in [5.74, 6) is 0.497. The normalized spacial score (nSPS) is 10.9. The second kappa shape index (κ2) is 5.27. The highest BCUT2D eigenvalue weighted by Crippen LogP contribution is 2.28. The van der Waals surface area contributed by atoms with E-state index in [1.54, 1.807) is 12.1 Å². The molecule has 3 rings (SSSR count). The van der Waals surface area contributed by atoms with E-state index in [-0.39, 0.29) is 6.42 Å². The number of nitrogens with zero attached hydrogens (tertiary/aromatic N) is 1. The fourth-order valence-electron chi connectivity index (χ4n) is 1.97. The van der Waals surface area contributed by atoms with Gasteiger partial charge in [-0.3, -0.25) is 4.79 Å². The van der Waals surface area contributed by atoms with Crippen molar-refractivity contribution in [3.05, 3.63) is 53.1 Å². The van der Waals surface area contributed by atoms with Crippen molar-refractivity contribution in [2.24, 2.45) is 0 Å². The third-order valence-corrected chi connectivity index (χ3v) is 3.41. The zero-order valence-corrected chi connectivity index (χ0v) is 11.8. The minimum atomic E-state index is -0.443. The Labute approximate surface area is 125 Å². The topological polar surface area (TPSA) is 43.1 Å². The molecule has 0 N–H and O–H groups in total. The molecule has 100 valence electrons. The average Bonchev–Trinajstić information content (AvgIpc) is 2.84. The van der Waals surface area contributed by atoms with E-state index < -0.39 is 5.24 Å². The van der Waals surface area contributed by atoms with Crippen LogP contribution in [0.2, 0.25) is 5.02 Å². The van der Waals surface area contributed by atoms with E-state index in [9.17, 15) is 4.79 Å². The molecule has 0 atom stereocenters. The Balaban J connectivity index is 2.01. The summed E-state index contributed by atoms with van der Waals surface area (Å²) < 4.78 is 5.67. The molecule has 2 aromatic carbocycles. The molecule has 0 radical (unpaired) electrons. The number of fused-ring (bicyclic) bond motifs is 1. The summed E-state index contributed by atoms with van der Waals surface area (Å²) in [7, 11) is 0. The van der Waals surface area contributed by atoms with E-state index in [0.29, 0.717) is 16.5 Å². The maximum absolute atomic E-state index is 10.9. The number of carbonyl (C=O) groups excluding carboxylic acids is 1. The van der Waals surface area contributed by atoms with Crippen LogP contribution in [0.25, 0.3) is 22.6 Å². The third kappa shape index (κ3) is 2.55. The highest BCUT2D eigenvalue weighted by atomic mass is 35.5. The predicted molar refractivity (Wildman–Crippen MR) is 79.0 cm³/mol. The van der Waals surface area contributed by atoms with Crippen LogP contribution in [0.3, 0.4) is 0 Å². The number of oxazole rings is 1. The summed E-state index contributed by atoms with van der Waals surface area (Å²) in [6, 6.07) is 12.8. The van der Waals surface area contributed by atoms with Crippen LogP contribution in [-0.2, 0) is 11.2 Å². The van der Waals surface area contributed by atoms with Gasteiger partial charge in [-0.05, 0) is 41.4 Å². The summed E-state index contributed by atoms with van der Waals surface area (Å²) in [6.07, 6.45) is 0.105. The Morgan fingerprint density at radius 3 is 2.70 bits per heavy atom. The number of hydrogen-bond donors (Lipinski definition) is 0. The number of hydrogen-bond acceptors (Lipinski definition) is 3. The molecule has 0 aliphatic carbocycles. The third-order valence-electron chi connectivity index (χ3n) is 2.92. The van der Waals surface area contributed by atoms with Gasteiger partial charge in [-0.2, -0.15) is 0 Å². The van der Waals surface area contributed by atoms with Crippen LogP contribution >= 0.6 is 23.2 Å². The Hall–Kier alpha value is -1.84. The molecule has 0 amide bonds. The molecule has 3 nitrogen and oxygen atoms in total. The first-order valence-electron chi connectivity index (χ1n) is 5.96. The van der Waals surface area contributed by atoms with Gasteiger partial charge in [-0.15, -0.1) is 0 Å². The van der Waals surface area contributed by atoms with E-state index in [4.69, 9.17) is 27.6 Å². The second-order valence-electron chi connectivity index (χ2n) is 4.32. The van der Waals surface area contributed by atoms with E-state index in [0.717, 1.165) is 16.7 Å². The molecule has 1 heterocycles.